The van der Waals surface area contributed by atoms with Crippen molar-refractivity contribution in [2.45, 2.75) is 13.3 Å². The third kappa shape index (κ3) is 3.87. The number of nitrogens with zero attached hydrogens (tertiary/aromatic N) is 1. The summed E-state index contributed by atoms with van der Waals surface area (Å²) in [5.41, 5.74) is 0.158. The molecule has 1 aliphatic rings. The monoisotopic (exact) mass is 340 g/mol. The summed E-state index contributed by atoms with van der Waals surface area (Å²) in [6, 6.07) is 1.96. The number of benzene rings is 1. The molecule has 0 spiro atoms. The highest BCUT2D eigenvalue weighted by Gasteiger charge is 2.32. The number of ether oxygens (including phenoxy) is 2. The van der Waals surface area contributed by atoms with Gasteiger partial charge in [0.05, 0.1) is 25.8 Å². The van der Waals surface area contributed by atoms with Gasteiger partial charge in [-0.1, -0.05) is 6.92 Å². The molecule has 24 heavy (non-hydrogen) atoms. The summed E-state index contributed by atoms with van der Waals surface area (Å²) in [5, 5.41) is 11.8. The van der Waals surface area contributed by atoms with Crippen LogP contribution in [0.25, 0.3) is 0 Å². The second-order valence-corrected chi connectivity index (χ2v) is 5.90. The van der Waals surface area contributed by atoms with Crippen LogP contribution in [0.3, 0.4) is 0 Å². The van der Waals surface area contributed by atoms with Crippen molar-refractivity contribution in [2.24, 2.45) is 11.8 Å². The molecule has 2 atom stereocenters. The molecular formula is C16H21FN2O5. The zero-order chi connectivity index (χ0) is 17.9. The molecule has 1 fully saturated rings. The van der Waals surface area contributed by atoms with E-state index in [1.807, 2.05) is 6.92 Å². The van der Waals surface area contributed by atoms with Crippen LogP contribution < -0.4 is 14.8 Å². The molecule has 0 radical (unpaired) electrons. The van der Waals surface area contributed by atoms with E-state index in [2.05, 4.69) is 5.32 Å². The number of piperidine rings is 1. The Morgan fingerprint density at radius 1 is 1.25 bits per heavy atom. The minimum absolute atomic E-state index is 0.00221. The molecule has 7 nitrogen and oxygen atoms in total. The van der Waals surface area contributed by atoms with Gasteiger partial charge in [-0.25, -0.2) is 9.18 Å². The highest BCUT2D eigenvalue weighted by Crippen LogP contribution is 2.32. The van der Waals surface area contributed by atoms with Gasteiger partial charge < -0.3 is 24.8 Å². The Morgan fingerprint density at radius 2 is 1.92 bits per heavy atom. The minimum atomic E-state index is -0.924. The predicted octanol–water partition coefficient (Wildman–Crippen LogP) is 2.42. The number of methoxy groups -OCH3 is 2. The first-order valence-electron chi connectivity index (χ1n) is 7.56. The van der Waals surface area contributed by atoms with E-state index in [0.29, 0.717) is 13.0 Å². The number of anilines is 1. The Balaban J connectivity index is 2.17. The van der Waals surface area contributed by atoms with E-state index in [1.165, 1.54) is 25.2 Å². The fraction of sp³-hybridized carbons (Fsp3) is 0.500. The maximum Gasteiger partial charge on any atom is 0.321 e. The molecule has 0 saturated carbocycles. The van der Waals surface area contributed by atoms with Crippen molar-refractivity contribution in [3.8, 4) is 11.5 Å². The van der Waals surface area contributed by atoms with Crippen molar-refractivity contribution in [3.63, 3.8) is 0 Å². The molecule has 0 aliphatic carbocycles. The quantitative estimate of drug-likeness (QED) is 0.879. The van der Waals surface area contributed by atoms with Crippen molar-refractivity contribution in [3.05, 3.63) is 17.9 Å². The predicted molar refractivity (Wildman–Crippen MR) is 85.0 cm³/mol. The summed E-state index contributed by atoms with van der Waals surface area (Å²) in [4.78, 5) is 25.1. The van der Waals surface area contributed by atoms with Gasteiger partial charge in [0.2, 0.25) is 0 Å². The summed E-state index contributed by atoms with van der Waals surface area (Å²) in [5.74, 6) is -1.84. The van der Waals surface area contributed by atoms with Gasteiger partial charge in [0.1, 0.15) is 5.75 Å². The molecule has 1 aromatic carbocycles. The van der Waals surface area contributed by atoms with Gasteiger partial charge in [-0.15, -0.1) is 0 Å². The second-order valence-electron chi connectivity index (χ2n) is 5.90. The number of carboxylic acids is 1. The standard InChI is InChI=1S/C16H21FN2O5/c1-9-4-10(15(20)21)8-19(7-9)16(22)18-12-5-11(17)13(23-2)6-14(12)24-3/h5-6,9-10H,4,7-8H2,1-3H3,(H,18,22)(H,20,21). The third-order valence-electron chi connectivity index (χ3n) is 4.01. The Bertz CT molecular complexity index is 637. The molecule has 2 amide bonds. The van der Waals surface area contributed by atoms with Crippen LogP contribution >= 0.6 is 0 Å². The van der Waals surface area contributed by atoms with Gasteiger partial charge in [-0.05, 0) is 12.3 Å². The molecule has 0 bridgehead atoms. The number of nitrogens with one attached hydrogen (secondary N) is 1. The second kappa shape index (κ2) is 7.37. The van der Waals surface area contributed by atoms with Gasteiger partial charge in [0.15, 0.2) is 11.6 Å². The number of aliphatic carboxylic acids is 1. The average molecular weight is 340 g/mol. The van der Waals surface area contributed by atoms with E-state index >= 15 is 0 Å². The van der Waals surface area contributed by atoms with E-state index in [0.717, 1.165) is 6.07 Å². The van der Waals surface area contributed by atoms with Gasteiger partial charge in [0.25, 0.3) is 0 Å². The van der Waals surface area contributed by atoms with E-state index in [4.69, 9.17) is 9.47 Å². The molecule has 8 heteroatoms. The molecule has 0 aromatic heterocycles. The molecular weight excluding hydrogens is 319 g/mol. The number of amides is 2. The summed E-state index contributed by atoms with van der Waals surface area (Å²) in [7, 11) is 2.73. The highest BCUT2D eigenvalue weighted by molar-refractivity contribution is 5.91. The minimum Gasteiger partial charge on any atom is -0.494 e. The van der Waals surface area contributed by atoms with E-state index in [9.17, 15) is 19.1 Å². The lowest BCUT2D eigenvalue weighted by Gasteiger charge is -2.34. The highest BCUT2D eigenvalue weighted by atomic mass is 19.1. The van der Waals surface area contributed by atoms with Crippen LogP contribution in [0.2, 0.25) is 0 Å². The SMILES string of the molecule is COc1cc(OC)c(NC(=O)N2CC(C)CC(C(=O)O)C2)cc1F. The summed E-state index contributed by atoms with van der Waals surface area (Å²) in [6.07, 6.45) is 0.527. The molecule has 2 N–H and O–H groups in total. The molecule has 1 heterocycles. The summed E-state index contributed by atoms with van der Waals surface area (Å²) in [6.45, 7) is 2.45. The van der Waals surface area contributed by atoms with Crippen molar-refractivity contribution in [1.82, 2.24) is 4.90 Å². The zero-order valence-electron chi connectivity index (χ0n) is 13.8. The third-order valence-corrected chi connectivity index (χ3v) is 4.01. The lowest BCUT2D eigenvalue weighted by molar-refractivity contribution is -0.143. The number of likely N-dealkylation sites (tertiary alicyclic amines) is 1. The number of carbonyl (C=O) groups is 2. The lowest BCUT2D eigenvalue weighted by atomic mass is 9.91. The van der Waals surface area contributed by atoms with Crippen LogP contribution in [0.1, 0.15) is 13.3 Å². The number of hydrogen-bond donors (Lipinski definition) is 2. The Morgan fingerprint density at radius 3 is 2.50 bits per heavy atom. The average Bonchev–Trinajstić information content (AvgIpc) is 2.54. The van der Waals surface area contributed by atoms with Crippen molar-refractivity contribution in [2.75, 3.05) is 32.6 Å². The molecule has 2 unspecified atom stereocenters. The molecule has 1 aliphatic heterocycles. The first-order valence-corrected chi connectivity index (χ1v) is 7.56. The summed E-state index contributed by atoms with van der Waals surface area (Å²) >= 11 is 0. The van der Waals surface area contributed by atoms with E-state index < -0.39 is 23.7 Å². The van der Waals surface area contributed by atoms with E-state index in [1.54, 1.807) is 0 Å². The topological polar surface area (TPSA) is 88.1 Å². The van der Waals surface area contributed by atoms with E-state index in [-0.39, 0.29) is 29.6 Å². The zero-order valence-corrected chi connectivity index (χ0v) is 13.8. The maximum atomic E-state index is 13.9. The number of halogens is 1. The maximum absolute atomic E-state index is 13.9. The number of carboxylic acid groups (broad SMARTS) is 1. The van der Waals surface area contributed by atoms with Gasteiger partial charge >= 0.3 is 12.0 Å². The number of rotatable bonds is 4. The number of hydrogen-bond acceptors (Lipinski definition) is 4. The van der Waals surface area contributed by atoms with Crippen molar-refractivity contribution < 1.29 is 28.6 Å². The van der Waals surface area contributed by atoms with Crippen LogP contribution in [0.15, 0.2) is 12.1 Å². The lowest BCUT2D eigenvalue weighted by Crippen LogP contribution is -2.47. The molecule has 2 rings (SSSR count). The van der Waals surface area contributed by atoms with Crippen LogP contribution in [0.5, 0.6) is 11.5 Å². The van der Waals surface area contributed by atoms with Crippen LogP contribution in [0.4, 0.5) is 14.9 Å². The fourth-order valence-electron chi connectivity index (χ4n) is 2.85. The Kier molecular flexibility index (Phi) is 5.48. The fourth-order valence-corrected chi connectivity index (χ4v) is 2.85. The Hall–Kier alpha value is -2.51. The van der Waals surface area contributed by atoms with Gasteiger partial charge in [-0.3, -0.25) is 4.79 Å². The van der Waals surface area contributed by atoms with Gasteiger partial charge in [-0.2, -0.15) is 0 Å². The van der Waals surface area contributed by atoms with Crippen molar-refractivity contribution in [1.29, 1.82) is 0 Å². The van der Waals surface area contributed by atoms with Crippen LogP contribution in [-0.4, -0.2) is 49.3 Å². The largest absolute Gasteiger partial charge is 0.494 e. The smallest absolute Gasteiger partial charge is 0.321 e. The molecule has 1 saturated heterocycles. The first kappa shape index (κ1) is 17.8. The van der Waals surface area contributed by atoms with Crippen molar-refractivity contribution >= 4 is 17.7 Å². The van der Waals surface area contributed by atoms with Crippen LogP contribution in [-0.2, 0) is 4.79 Å². The molecule has 132 valence electrons. The van der Waals surface area contributed by atoms with Crippen LogP contribution in [0, 0.1) is 17.7 Å². The first-order chi connectivity index (χ1) is 11.3. The molecule has 1 aromatic rings. The van der Waals surface area contributed by atoms with Gasteiger partial charge in [0, 0.05) is 25.2 Å². The normalized spacial score (nSPS) is 20.4. The Labute approximate surface area is 139 Å². The number of urea groups is 1. The number of carbonyl (C=O) groups excluding carboxylic acids is 1. The summed E-state index contributed by atoms with van der Waals surface area (Å²) < 4.78 is 23.9.